The molecule has 0 radical (unpaired) electrons. The summed E-state index contributed by atoms with van der Waals surface area (Å²) in [6.07, 6.45) is 0. The van der Waals surface area contributed by atoms with Crippen LogP contribution >= 0.6 is 0 Å². The SMILES string of the molecule is Cc1ccccc1-c1ccc(-c2cc(C(N)=O)c3c(c2)nnn3C)cc1. The second-order valence-corrected chi connectivity index (χ2v) is 6.36. The lowest BCUT2D eigenvalue weighted by Gasteiger charge is -2.09. The van der Waals surface area contributed by atoms with Crippen LogP contribution in [0, 0.1) is 6.92 Å². The summed E-state index contributed by atoms with van der Waals surface area (Å²) in [6, 6.07) is 20.3. The summed E-state index contributed by atoms with van der Waals surface area (Å²) >= 11 is 0. The first-order valence-corrected chi connectivity index (χ1v) is 8.34. The molecule has 0 aliphatic rings. The zero-order valence-electron chi connectivity index (χ0n) is 14.6. The van der Waals surface area contributed by atoms with E-state index in [9.17, 15) is 4.79 Å². The third kappa shape index (κ3) is 2.63. The zero-order chi connectivity index (χ0) is 18.3. The van der Waals surface area contributed by atoms with Crippen molar-refractivity contribution in [3.63, 3.8) is 0 Å². The molecular weight excluding hydrogens is 324 g/mol. The third-order valence-corrected chi connectivity index (χ3v) is 4.64. The topological polar surface area (TPSA) is 73.8 Å². The number of benzene rings is 3. The molecule has 5 nitrogen and oxygen atoms in total. The minimum absolute atomic E-state index is 0.424. The Morgan fingerprint density at radius 2 is 1.65 bits per heavy atom. The maximum absolute atomic E-state index is 11.9. The van der Waals surface area contributed by atoms with Gasteiger partial charge in [0.25, 0.3) is 5.91 Å². The molecule has 5 heteroatoms. The molecule has 0 aliphatic heterocycles. The third-order valence-electron chi connectivity index (χ3n) is 4.64. The molecule has 0 unspecified atom stereocenters. The number of hydrogen-bond donors (Lipinski definition) is 1. The Morgan fingerprint density at radius 3 is 2.35 bits per heavy atom. The predicted molar refractivity (Wildman–Crippen MR) is 103 cm³/mol. The molecule has 2 N–H and O–H groups in total. The van der Waals surface area contributed by atoms with Gasteiger partial charge in [-0.15, -0.1) is 5.10 Å². The van der Waals surface area contributed by atoms with E-state index in [0.717, 1.165) is 16.7 Å². The molecule has 26 heavy (non-hydrogen) atoms. The van der Waals surface area contributed by atoms with E-state index in [1.54, 1.807) is 17.8 Å². The molecule has 0 saturated heterocycles. The van der Waals surface area contributed by atoms with Crippen LogP contribution in [-0.2, 0) is 7.05 Å². The fourth-order valence-corrected chi connectivity index (χ4v) is 3.29. The predicted octanol–water partition coefficient (Wildman–Crippen LogP) is 3.71. The van der Waals surface area contributed by atoms with Crippen LogP contribution in [0.2, 0.25) is 0 Å². The monoisotopic (exact) mass is 342 g/mol. The van der Waals surface area contributed by atoms with E-state index in [0.29, 0.717) is 16.6 Å². The number of carbonyl (C=O) groups is 1. The van der Waals surface area contributed by atoms with Crippen LogP contribution in [0.4, 0.5) is 0 Å². The Labute approximate surface area is 151 Å². The van der Waals surface area contributed by atoms with Crippen molar-refractivity contribution in [2.24, 2.45) is 12.8 Å². The summed E-state index contributed by atoms with van der Waals surface area (Å²) in [7, 11) is 1.75. The van der Waals surface area contributed by atoms with Gasteiger partial charge >= 0.3 is 0 Å². The summed E-state index contributed by atoms with van der Waals surface area (Å²) in [5.74, 6) is -0.487. The standard InChI is InChI=1S/C21H18N4O/c1-13-5-3-4-6-17(13)15-9-7-14(8-10-15)16-11-18(21(22)26)20-19(12-16)23-24-25(20)2/h3-12H,1-2H3,(H2,22,26). The summed E-state index contributed by atoms with van der Waals surface area (Å²) in [4.78, 5) is 11.9. The largest absolute Gasteiger partial charge is 0.366 e. The van der Waals surface area contributed by atoms with E-state index >= 15 is 0 Å². The van der Waals surface area contributed by atoms with Crippen LogP contribution < -0.4 is 5.73 Å². The first kappa shape index (κ1) is 16.0. The number of primary amides is 1. The summed E-state index contributed by atoms with van der Waals surface area (Å²) in [6.45, 7) is 2.10. The van der Waals surface area contributed by atoms with Gasteiger partial charge in [0, 0.05) is 7.05 Å². The van der Waals surface area contributed by atoms with E-state index in [1.807, 2.05) is 30.3 Å². The van der Waals surface area contributed by atoms with Crippen molar-refractivity contribution in [3.8, 4) is 22.3 Å². The van der Waals surface area contributed by atoms with Crippen molar-refractivity contribution in [1.29, 1.82) is 0 Å². The number of amides is 1. The molecule has 0 fully saturated rings. The molecule has 128 valence electrons. The Bertz CT molecular complexity index is 1130. The van der Waals surface area contributed by atoms with Crippen LogP contribution in [0.15, 0.2) is 60.7 Å². The van der Waals surface area contributed by atoms with E-state index in [2.05, 4.69) is 41.5 Å². The Balaban J connectivity index is 1.81. The Morgan fingerprint density at radius 1 is 0.962 bits per heavy atom. The van der Waals surface area contributed by atoms with Crippen molar-refractivity contribution in [3.05, 3.63) is 71.8 Å². The molecule has 0 bridgehead atoms. The second-order valence-electron chi connectivity index (χ2n) is 6.36. The number of aryl methyl sites for hydroxylation is 2. The lowest BCUT2D eigenvalue weighted by Crippen LogP contribution is -2.13. The van der Waals surface area contributed by atoms with E-state index < -0.39 is 5.91 Å². The summed E-state index contributed by atoms with van der Waals surface area (Å²) < 4.78 is 1.57. The van der Waals surface area contributed by atoms with Crippen LogP contribution in [-0.4, -0.2) is 20.9 Å². The molecule has 4 rings (SSSR count). The minimum atomic E-state index is -0.487. The molecule has 4 aromatic rings. The van der Waals surface area contributed by atoms with Crippen molar-refractivity contribution in [2.75, 3.05) is 0 Å². The highest BCUT2D eigenvalue weighted by molar-refractivity contribution is 6.05. The Hall–Kier alpha value is -3.47. The first-order valence-electron chi connectivity index (χ1n) is 8.34. The lowest BCUT2D eigenvalue weighted by atomic mass is 9.96. The highest BCUT2D eigenvalue weighted by Crippen LogP contribution is 2.29. The molecule has 1 aromatic heterocycles. The van der Waals surface area contributed by atoms with Gasteiger partial charge in [0.15, 0.2) is 0 Å². The van der Waals surface area contributed by atoms with Crippen LogP contribution in [0.1, 0.15) is 15.9 Å². The number of nitrogens with zero attached hydrogens (tertiary/aromatic N) is 3. The molecule has 0 atom stereocenters. The number of rotatable bonds is 3. The molecule has 3 aromatic carbocycles. The van der Waals surface area contributed by atoms with Crippen LogP contribution in [0.3, 0.4) is 0 Å². The molecule has 0 aliphatic carbocycles. The normalized spacial score (nSPS) is 11.0. The van der Waals surface area contributed by atoms with E-state index in [-0.39, 0.29) is 0 Å². The van der Waals surface area contributed by atoms with Gasteiger partial charge in [-0.05, 0) is 46.9 Å². The lowest BCUT2D eigenvalue weighted by molar-refractivity contribution is 0.100. The van der Waals surface area contributed by atoms with Gasteiger partial charge < -0.3 is 5.73 Å². The highest BCUT2D eigenvalue weighted by Gasteiger charge is 2.15. The average Bonchev–Trinajstić information content (AvgIpc) is 3.02. The molecule has 1 amide bonds. The number of carbonyl (C=O) groups excluding carboxylic acids is 1. The van der Waals surface area contributed by atoms with Crippen molar-refractivity contribution in [2.45, 2.75) is 6.92 Å². The summed E-state index contributed by atoms with van der Waals surface area (Å²) in [5.41, 5.74) is 12.8. The molecular formula is C21H18N4O. The number of aromatic nitrogens is 3. The fraction of sp³-hybridized carbons (Fsp3) is 0.0952. The average molecular weight is 342 g/mol. The molecule has 0 spiro atoms. The van der Waals surface area contributed by atoms with Gasteiger partial charge in [-0.2, -0.15) is 0 Å². The Kier molecular flexibility index (Phi) is 3.77. The van der Waals surface area contributed by atoms with Crippen molar-refractivity contribution >= 4 is 16.9 Å². The van der Waals surface area contributed by atoms with E-state index in [1.165, 1.54) is 11.1 Å². The minimum Gasteiger partial charge on any atom is -0.366 e. The van der Waals surface area contributed by atoms with E-state index in [4.69, 9.17) is 5.73 Å². The quantitative estimate of drug-likeness (QED) is 0.617. The maximum atomic E-state index is 11.9. The van der Waals surface area contributed by atoms with Crippen LogP contribution in [0.5, 0.6) is 0 Å². The van der Waals surface area contributed by atoms with Gasteiger partial charge in [-0.1, -0.05) is 53.7 Å². The van der Waals surface area contributed by atoms with Crippen molar-refractivity contribution in [1.82, 2.24) is 15.0 Å². The number of hydrogen-bond acceptors (Lipinski definition) is 3. The van der Waals surface area contributed by atoms with Crippen LogP contribution in [0.25, 0.3) is 33.3 Å². The van der Waals surface area contributed by atoms with Gasteiger partial charge in [0.05, 0.1) is 5.56 Å². The maximum Gasteiger partial charge on any atom is 0.250 e. The molecule has 1 heterocycles. The van der Waals surface area contributed by atoms with Gasteiger partial charge in [-0.25, -0.2) is 4.68 Å². The second kappa shape index (κ2) is 6.11. The molecule has 0 saturated carbocycles. The smallest absolute Gasteiger partial charge is 0.250 e. The number of nitrogens with two attached hydrogens (primary N) is 1. The first-order chi connectivity index (χ1) is 12.5. The summed E-state index contributed by atoms with van der Waals surface area (Å²) in [5, 5.41) is 8.13. The van der Waals surface area contributed by atoms with Gasteiger partial charge in [0.1, 0.15) is 11.0 Å². The highest BCUT2D eigenvalue weighted by atomic mass is 16.1. The fourth-order valence-electron chi connectivity index (χ4n) is 3.29. The van der Waals surface area contributed by atoms with Gasteiger partial charge in [-0.3, -0.25) is 4.79 Å². The zero-order valence-corrected chi connectivity index (χ0v) is 14.6. The number of fused-ring (bicyclic) bond motifs is 1. The van der Waals surface area contributed by atoms with Gasteiger partial charge in [0.2, 0.25) is 0 Å². The van der Waals surface area contributed by atoms with Crippen molar-refractivity contribution < 1.29 is 4.79 Å².